The number of Topliss-reactive ketones (excluding diaryl/α,β-unsaturated/α-hetero) is 1. The first-order valence-corrected chi connectivity index (χ1v) is 3.42. The maximum absolute atomic E-state index is 11.9. The first kappa shape index (κ1) is 12.4. The largest absolute Gasteiger partial charge is 0.394 e. The number of ketones is 1. The minimum Gasteiger partial charge on any atom is -0.394 e. The number of rotatable bonds is 5. The van der Waals surface area contributed by atoms with Crippen LogP contribution in [-0.4, -0.2) is 62.6 Å². The van der Waals surface area contributed by atoms with E-state index in [0.717, 1.165) is 0 Å². The molecule has 6 nitrogen and oxygen atoms in total. The van der Waals surface area contributed by atoms with Gasteiger partial charge < -0.3 is 25.5 Å². The van der Waals surface area contributed by atoms with Gasteiger partial charge in [0.05, 0.1) is 6.61 Å². The molecule has 0 spiro atoms. The van der Waals surface area contributed by atoms with Crippen LogP contribution in [0.4, 0.5) is 4.39 Å². The Morgan fingerprint density at radius 2 is 1.62 bits per heavy atom. The summed E-state index contributed by atoms with van der Waals surface area (Å²) in [6.07, 6.45) is -9.17. The average Bonchev–Trinajstić information content (AvgIpc) is 2.12. The van der Waals surface area contributed by atoms with E-state index in [1.807, 2.05) is 0 Å². The number of hydrogen-bond acceptors (Lipinski definition) is 6. The average molecular weight is 198 g/mol. The molecule has 0 aliphatic rings. The second kappa shape index (κ2) is 5.20. The molecule has 7 heteroatoms. The summed E-state index contributed by atoms with van der Waals surface area (Å²) in [5.74, 6) is -1.49. The van der Waals surface area contributed by atoms with Gasteiger partial charge in [-0.25, -0.2) is 4.39 Å². The van der Waals surface area contributed by atoms with Gasteiger partial charge in [0.15, 0.2) is 11.9 Å². The van der Waals surface area contributed by atoms with Gasteiger partial charge in [-0.1, -0.05) is 0 Å². The standard InChI is InChI=1S/C6H11FO6/c7-6(13)5(12)4(11)3(10)2(9)1-8/h2-3,5-6,8-10,12-13H,1H2/t2-,3-,5?,6?/m1/s1. The molecule has 2 unspecified atom stereocenters. The van der Waals surface area contributed by atoms with Gasteiger partial charge in [-0.15, -0.1) is 0 Å². The van der Waals surface area contributed by atoms with Gasteiger partial charge in [0.1, 0.15) is 12.2 Å². The molecule has 0 heterocycles. The van der Waals surface area contributed by atoms with Gasteiger partial charge in [-0.2, -0.15) is 0 Å². The van der Waals surface area contributed by atoms with Crippen molar-refractivity contribution >= 4 is 5.78 Å². The molecule has 0 aromatic carbocycles. The number of carbonyl (C=O) groups excluding carboxylic acids is 1. The molecule has 0 fully saturated rings. The molecule has 0 aliphatic carbocycles. The maximum atomic E-state index is 11.9. The minimum absolute atomic E-state index is 0.915. The second-order valence-electron chi connectivity index (χ2n) is 2.41. The van der Waals surface area contributed by atoms with Crippen LogP contribution < -0.4 is 0 Å². The van der Waals surface area contributed by atoms with Crippen molar-refractivity contribution in [3.05, 3.63) is 0 Å². The highest BCUT2D eigenvalue weighted by atomic mass is 19.1. The summed E-state index contributed by atoms with van der Waals surface area (Å²) in [6.45, 7) is -0.915. The van der Waals surface area contributed by atoms with E-state index in [1.165, 1.54) is 0 Å². The van der Waals surface area contributed by atoms with Gasteiger partial charge in [-0.3, -0.25) is 4.79 Å². The Morgan fingerprint density at radius 3 is 1.92 bits per heavy atom. The van der Waals surface area contributed by atoms with E-state index in [0.29, 0.717) is 0 Å². The van der Waals surface area contributed by atoms with Crippen molar-refractivity contribution in [2.75, 3.05) is 6.61 Å². The van der Waals surface area contributed by atoms with Gasteiger partial charge in [-0.05, 0) is 0 Å². The predicted molar refractivity (Wildman–Crippen MR) is 37.2 cm³/mol. The summed E-state index contributed by atoms with van der Waals surface area (Å²) in [4.78, 5) is 10.7. The molecule has 0 amide bonds. The molecule has 4 atom stereocenters. The van der Waals surface area contributed by atoms with Crippen molar-refractivity contribution in [3.63, 3.8) is 0 Å². The third kappa shape index (κ3) is 3.33. The molecule has 13 heavy (non-hydrogen) atoms. The van der Waals surface area contributed by atoms with Crippen LogP contribution in [0.3, 0.4) is 0 Å². The van der Waals surface area contributed by atoms with E-state index in [2.05, 4.69) is 0 Å². The zero-order chi connectivity index (χ0) is 10.6. The van der Waals surface area contributed by atoms with E-state index < -0.39 is 37.1 Å². The Morgan fingerprint density at radius 1 is 1.15 bits per heavy atom. The highest BCUT2D eigenvalue weighted by Crippen LogP contribution is 2.03. The molecule has 0 aliphatic heterocycles. The van der Waals surface area contributed by atoms with Crippen LogP contribution in [-0.2, 0) is 4.79 Å². The summed E-state index contributed by atoms with van der Waals surface area (Å²) >= 11 is 0. The smallest absolute Gasteiger partial charge is 0.229 e. The van der Waals surface area contributed by atoms with Crippen molar-refractivity contribution in [2.24, 2.45) is 0 Å². The third-order valence-electron chi connectivity index (χ3n) is 1.40. The Labute approximate surface area is 72.9 Å². The molecule has 5 N–H and O–H groups in total. The fraction of sp³-hybridized carbons (Fsp3) is 0.833. The van der Waals surface area contributed by atoms with Crippen molar-refractivity contribution < 1.29 is 34.7 Å². The lowest BCUT2D eigenvalue weighted by atomic mass is 10.1. The Hall–Kier alpha value is -0.600. The van der Waals surface area contributed by atoms with E-state index in [9.17, 15) is 9.18 Å². The van der Waals surface area contributed by atoms with Crippen molar-refractivity contribution in [1.82, 2.24) is 0 Å². The van der Waals surface area contributed by atoms with Gasteiger partial charge in [0.25, 0.3) is 0 Å². The molecule has 78 valence electrons. The van der Waals surface area contributed by atoms with Crippen LogP contribution in [0.1, 0.15) is 0 Å². The quantitative estimate of drug-likeness (QED) is 0.319. The number of alkyl halides is 1. The minimum atomic E-state index is -2.83. The molecule has 0 rings (SSSR count). The normalized spacial score (nSPS) is 20.5. The first-order valence-electron chi connectivity index (χ1n) is 3.42. The van der Waals surface area contributed by atoms with E-state index in [-0.39, 0.29) is 0 Å². The summed E-state index contributed by atoms with van der Waals surface area (Å²) in [6, 6.07) is 0. The summed E-state index contributed by atoms with van der Waals surface area (Å²) in [5.41, 5.74) is 0. The van der Waals surface area contributed by atoms with Crippen molar-refractivity contribution in [2.45, 2.75) is 24.7 Å². The Balaban J connectivity index is 4.25. The molecule has 0 radical (unpaired) electrons. The number of hydrogen-bond donors (Lipinski definition) is 5. The van der Waals surface area contributed by atoms with Gasteiger partial charge in [0, 0.05) is 0 Å². The van der Waals surface area contributed by atoms with Crippen LogP contribution in [0.15, 0.2) is 0 Å². The number of aliphatic hydroxyl groups excluding tert-OH is 5. The van der Waals surface area contributed by atoms with Crippen LogP contribution in [0, 0.1) is 0 Å². The molecule has 0 saturated carbocycles. The molecular formula is C6H11FO6. The number of carbonyl (C=O) groups is 1. The number of aliphatic hydroxyl groups is 5. The summed E-state index contributed by atoms with van der Waals surface area (Å²) < 4.78 is 11.9. The fourth-order valence-corrected chi connectivity index (χ4v) is 0.600. The molecule has 0 saturated heterocycles. The highest BCUT2D eigenvalue weighted by Gasteiger charge is 2.33. The zero-order valence-corrected chi connectivity index (χ0v) is 6.54. The topological polar surface area (TPSA) is 118 Å². The number of halogens is 1. The second-order valence-corrected chi connectivity index (χ2v) is 2.41. The van der Waals surface area contributed by atoms with Crippen LogP contribution in [0.2, 0.25) is 0 Å². The van der Waals surface area contributed by atoms with Crippen molar-refractivity contribution in [3.8, 4) is 0 Å². The Bertz CT molecular complexity index is 173. The molecular weight excluding hydrogens is 187 g/mol. The predicted octanol–water partition coefficient (Wildman–Crippen LogP) is -3.08. The van der Waals surface area contributed by atoms with E-state index in [1.54, 1.807) is 0 Å². The van der Waals surface area contributed by atoms with Crippen LogP contribution in [0.5, 0.6) is 0 Å². The van der Waals surface area contributed by atoms with Crippen LogP contribution >= 0.6 is 0 Å². The van der Waals surface area contributed by atoms with Gasteiger partial charge >= 0.3 is 0 Å². The lowest BCUT2D eigenvalue weighted by Crippen LogP contribution is -2.45. The summed E-state index contributed by atoms with van der Waals surface area (Å²) in [5, 5.41) is 42.5. The van der Waals surface area contributed by atoms with E-state index >= 15 is 0 Å². The zero-order valence-electron chi connectivity index (χ0n) is 6.54. The summed E-state index contributed by atoms with van der Waals surface area (Å²) in [7, 11) is 0. The Kier molecular flexibility index (Phi) is 4.96. The lowest BCUT2D eigenvalue weighted by molar-refractivity contribution is -0.156. The lowest BCUT2D eigenvalue weighted by Gasteiger charge is -2.17. The molecule has 0 aromatic heterocycles. The van der Waals surface area contributed by atoms with Crippen molar-refractivity contribution in [1.29, 1.82) is 0 Å². The highest BCUT2D eigenvalue weighted by molar-refractivity contribution is 5.87. The van der Waals surface area contributed by atoms with Gasteiger partial charge in [0.2, 0.25) is 6.36 Å². The van der Waals surface area contributed by atoms with Crippen LogP contribution in [0.25, 0.3) is 0 Å². The first-order chi connectivity index (χ1) is 5.91. The fourth-order valence-electron chi connectivity index (χ4n) is 0.600. The third-order valence-corrected chi connectivity index (χ3v) is 1.40. The molecule has 0 bridgehead atoms. The van der Waals surface area contributed by atoms with E-state index in [4.69, 9.17) is 25.5 Å². The maximum Gasteiger partial charge on any atom is 0.229 e. The SMILES string of the molecule is O=C(C(O)C(O)F)[C@H](O)[C@H](O)CO. The molecule has 0 aromatic rings. The monoisotopic (exact) mass is 198 g/mol.